The third-order valence-electron chi connectivity index (χ3n) is 6.68. The number of sulfone groups is 1. The van der Waals surface area contributed by atoms with Crippen molar-refractivity contribution in [2.24, 2.45) is 5.10 Å². The van der Waals surface area contributed by atoms with Crippen LogP contribution in [0.25, 0.3) is 0 Å². The van der Waals surface area contributed by atoms with Crippen molar-refractivity contribution >= 4 is 27.4 Å². The summed E-state index contributed by atoms with van der Waals surface area (Å²) in [5, 5.41) is 5.66. The first-order valence-corrected chi connectivity index (χ1v) is 13.0. The van der Waals surface area contributed by atoms with Crippen molar-refractivity contribution in [2.45, 2.75) is 63.6 Å². The van der Waals surface area contributed by atoms with Gasteiger partial charge in [-0.05, 0) is 37.0 Å². The van der Waals surface area contributed by atoms with Crippen LogP contribution in [0, 0.1) is 0 Å². The molecule has 1 saturated carbocycles. The highest BCUT2D eigenvalue weighted by atomic mass is 32.2. The van der Waals surface area contributed by atoms with Crippen LogP contribution in [0.3, 0.4) is 0 Å². The molecule has 0 radical (unpaired) electrons. The van der Waals surface area contributed by atoms with E-state index in [2.05, 4.69) is 5.10 Å². The Labute approximate surface area is 187 Å². The number of hydrogen-bond acceptors (Lipinski definition) is 7. The van der Waals surface area contributed by atoms with Gasteiger partial charge in [-0.3, -0.25) is 9.59 Å². The van der Waals surface area contributed by atoms with Gasteiger partial charge in [0, 0.05) is 25.4 Å². The fraction of sp³-hybridized carbons (Fsp3) is 0.591. The van der Waals surface area contributed by atoms with E-state index in [1.54, 1.807) is 0 Å². The monoisotopic (exact) mass is 461 g/mol. The van der Waals surface area contributed by atoms with Gasteiger partial charge in [0.2, 0.25) is 12.7 Å². The highest BCUT2D eigenvalue weighted by Gasteiger charge is 2.39. The number of benzene rings is 1. The smallest absolute Gasteiger partial charge is 0.270 e. The van der Waals surface area contributed by atoms with Crippen LogP contribution in [0.15, 0.2) is 23.3 Å². The highest BCUT2D eigenvalue weighted by Crippen LogP contribution is 2.34. The number of amides is 2. The molecule has 3 aliphatic heterocycles. The molecule has 1 saturated heterocycles. The second kappa shape index (κ2) is 8.38. The number of carbonyl (C=O) groups excluding carboxylic acids is 2. The molecular formula is C22H27N3O6S. The second-order valence-corrected chi connectivity index (χ2v) is 11.1. The zero-order chi connectivity index (χ0) is 22.3. The average molecular weight is 462 g/mol. The molecule has 32 heavy (non-hydrogen) atoms. The summed E-state index contributed by atoms with van der Waals surface area (Å²) >= 11 is 0. The summed E-state index contributed by atoms with van der Waals surface area (Å²) in [5.41, 5.74) is 1.28. The molecule has 2 amide bonds. The highest BCUT2D eigenvalue weighted by molar-refractivity contribution is 7.91. The number of ether oxygens (including phenoxy) is 2. The maximum Gasteiger partial charge on any atom is 0.270 e. The molecule has 2 fully saturated rings. The Hall–Kier alpha value is -2.62. The van der Waals surface area contributed by atoms with Gasteiger partial charge in [-0.1, -0.05) is 18.9 Å². The van der Waals surface area contributed by atoms with E-state index < -0.39 is 15.9 Å². The molecule has 1 unspecified atom stereocenters. The fourth-order valence-corrected chi connectivity index (χ4v) is 6.66. The molecule has 0 N–H and O–H groups in total. The lowest BCUT2D eigenvalue weighted by Crippen LogP contribution is -2.47. The average Bonchev–Trinajstić information content (AvgIpc) is 3.52. The Morgan fingerprint density at radius 1 is 1.12 bits per heavy atom. The summed E-state index contributed by atoms with van der Waals surface area (Å²) in [4.78, 5) is 27.9. The van der Waals surface area contributed by atoms with Gasteiger partial charge in [0.15, 0.2) is 21.3 Å². The number of carbonyl (C=O) groups is 2. The normalized spacial score (nSPS) is 24.6. The molecule has 0 spiro atoms. The molecule has 3 heterocycles. The van der Waals surface area contributed by atoms with Crippen LogP contribution in [0.4, 0.5) is 0 Å². The van der Waals surface area contributed by atoms with Gasteiger partial charge in [0.1, 0.15) is 5.71 Å². The Morgan fingerprint density at radius 3 is 2.66 bits per heavy atom. The van der Waals surface area contributed by atoms with Gasteiger partial charge in [-0.15, -0.1) is 0 Å². The summed E-state index contributed by atoms with van der Waals surface area (Å²) in [6, 6.07) is 5.33. The van der Waals surface area contributed by atoms with Crippen molar-refractivity contribution in [3.63, 3.8) is 0 Å². The maximum atomic E-state index is 13.6. The summed E-state index contributed by atoms with van der Waals surface area (Å²) in [6.45, 7) is 0.618. The number of fused-ring (bicyclic) bond motifs is 1. The Kier molecular flexibility index (Phi) is 5.56. The third kappa shape index (κ3) is 4.20. The summed E-state index contributed by atoms with van der Waals surface area (Å²) in [6.07, 6.45) is 4.84. The van der Waals surface area contributed by atoms with Crippen molar-refractivity contribution < 1.29 is 27.5 Å². The SMILES string of the molecule is O=C(C1=NN(C2CCS(=O)(=O)C2)C(=O)CC1)N(Cc1ccc2c(c1)OCO2)C1CCCC1. The van der Waals surface area contributed by atoms with Crippen LogP contribution < -0.4 is 9.47 Å². The van der Waals surface area contributed by atoms with Gasteiger partial charge < -0.3 is 14.4 Å². The van der Waals surface area contributed by atoms with E-state index in [1.807, 2.05) is 23.1 Å². The predicted octanol–water partition coefficient (Wildman–Crippen LogP) is 1.85. The van der Waals surface area contributed by atoms with Gasteiger partial charge >= 0.3 is 0 Å². The third-order valence-corrected chi connectivity index (χ3v) is 8.43. The Morgan fingerprint density at radius 2 is 1.91 bits per heavy atom. The van der Waals surface area contributed by atoms with E-state index >= 15 is 0 Å². The predicted molar refractivity (Wildman–Crippen MR) is 116 cm³/mol. The second-order valence-electron chi connectivity index (χ2n) is 8.90. The quantitative estimate of drug-likeness (QED) is 0.663. The number of nitrogens with zero attached hydrogens (tertiary/aromatic N) is 3. The zero-order valence-electron chi connectivity index (χ0n) is 17.9. The molecular weight excluding hydrogens is 434 g/mol. The van der Waals surface area contributed by atoms with E-state index in [1.165, 1.54) is 5.01 Å². The first kappa shape index (κ1) is 21.2. The van der Waals surface area contributed by atoms with Crippen LogP contribution in [0.5, 0.6) is 11.5 Å². The van der Waals surface area contributed by atoms with Gasteiger partial charge in [-0.25, -0.2) is 13.4 Å². The van der Waals surface area contributed by atoms with Crippen molar-refractivity contribution in [1.29, 1.82) is 0 Å². The molecule has 1 atom stereocenters. The number of hydrazone groups is 1. The van der Waals surface area contributed by atoms with Crippen LogP contribution in [-0.4, -0.2) is 66.2 Å². The molecule has 0 bridgehead atoms. The van der Waals surface area contributed by atoms with E-state index in [9.17, 15) is 18.0 Å². The molecule has 1 aromatic rings. The van der Waals surface area contributed by atoms with Crippen LogP contribution >= 0.6 is 0 Å². The van der Waals surface area contributed by atoms with Crippen molar-refractivity contribution in [3.8, 4) is 11.5 Å². The first-order chi connectivity index (χ1) is 15.4. The minimum atomic E-state index is -3.16. The van der Waals surface area contributed by atoms with Crippen LogP contribution in [0.1, 0.15) is 50.5 Å². The number of rotatable bonds is 5. The molecule has 172 valence electrons. The lowest BCUT2D eigenvalue weighted by molar-refractivity contribution is -0.134. The topological polar surface area (TPSA) is 106 Å². The van der Waals surface area contributed by atoms with E-state index in [0.29, 0.717) is 30.2 Å². The maximum absolute atomic E-state index is 13.6. The summed E-state index contributed by atoms with van der Waals surface area (Å²) in [7, 11) is -3.16. The van der Waals surface area contributed by atoms with Gasteiger partial charge in [0.25, 0.3) is 5.91 Å². The zero-order valence-corrected chi connectivity index (χ0v) is 18.7. The van der Waals surface area contributed by atoms with Crippen molar-refractivity contribution in [2.75, 3.05) is 18.3 Å². The Bertz CT molecular complexity index is 1060. The van der Waals surface area contributed by atoms with E-state index in [0.717, 1.165) is 31.2 Å². The van der Waals surface area contributed by atoms with E-state index in [4.69, 9.17) is 9.47 Å². The largest absolute Gasteiger partial charge is 0.454 e. The summed E-state index contributed by atoms with van der Waals surface area (Å²) in [5.74, 6) is 0.950. The molecule has 4 aliphatic rings. The molecule has 5 rings (SSSR count). The lowest BCUT2D eigenvalue weighted by atomic mass is 10.1. The fourth-order valence-electron chi connectivity index (χ4n) is 4.96. The van der Waals surface area contributed by atoms with Gasteiger partial charge in [-0.2, -0.15) is 5.10 Å². The van der Waals surface area contributed by atoms with E-state index in [-0.39, 0.29) is 49.0 Å². The molecule has 1 aromatic carbocycles. The lowest BCUT2D eigenvalue weighted by Gasteiger charge is -2.33. The minimum Gasteiger partial charge on any atom is -0.454 e. The molecule has 9 nitrogen and oxygen atoms in total. The van der Waals surface area contributed by atoms with Crippen molar-refractivity contribution in [1.82, 2.24) is 9.91 Å². The Balaban J connectivity index is 1.39. The number of hydrogen-bond donors (Lipinski definition) is 0. The van der Waals surface area contributed by atoms with Crippen LogP contribution in [0.2, 0.25) is 0 Å². The first-order valence-electron chi connectivity index (χ1n) is 11.2. The molecule has 0 aromatic heterocycles. The minimum absolute atomic E-state index is 0.0541. The summed E-state index contributed by atoms with van der Waals surface area (Å²) < 4.78 is 34.6. The molecule has 10 heteroatoms. The van der Waals surface area contributed by atoms with Gasteiger partial charge in [0.05, 0.1) is 17.5 Å². The van der Waals surface area contributed by atoms with Crippen molar-refractivity contribution in [3.05, 3.63) is 23.8 Å². The van der Waals surface area contributed by atoms with Crippen LogP contribution in [-0.2, 0) is 26.0 Å². The molecule has 1 aliphatic carbocycles. The standard InChI is InChI=1S/C22H27N3O6S/c26-21-8-6-18(23-25(21)17-9-10-32(28,29)13-17)22(27)24(16-3-1-2-4-16)12-15-5-7-19-20(11-15)31-14-30-19/h5,7,11,16-17H,1-4,6,8-10,12-14H2.